The van der Waals surface area contributed by atoms with Crippen molar-refractivity contribution in [3.63, 3.8) is 0 Å². The predicted octanol–water partition coefficient (Wildman–Crippen LogP) is 3.69. The Kier molecular flexibility index (Phi) is 5.03. The second-order valence-electron chi connectivity index (χ2n) is 5.28. The zero-order valence-corrected chi connectivity index (χ0v) is 12.6. The van der Waals surface area contributed by atoms with Crippen LogP contribution in [0.4, 0.5) is 23.7 Å². The molecule has 0 radical (unpaired) electrons. The summed E-state index contributed by atoms with van der Waals surface area (Å²) in [6, 6.07) is 2.10. The topological polar surface area (TPSA) is 69.6 Å². The monoisotopic (exact) mass is 350 g/mol. The quantitative estimate of drug-likeness (QED) is 0.854. The summed E-state index contributed by atoms with van der Waals surface area (Å²) < 4.78 is 38.2. The maximum Gasteiger partial charge on any atom is 0.416 e. The Morgan fingerprint density at radius 1 is 1.30 bits per heavy atom. The van der Waals surface area contributed by atoms with Crippen LogP contribution in [0.15, 0.2) is 18.2 Å². The Hall–Kier alpha value is -1.96. The summed E-state index contributed by atoms with van der Waals surface area (Å²) in [4.78, 5) is 24.4. The van der Waals surface area contributed by atoms with Gasteiger partial charge in [0.05, 0.1) is 11.5 Å². The molecule has 23 heavy (non-hydrogen) atoms. The van der Waals surface area contributed by atoms with Crippen LogP contribution >= 0.6 is 11.6 Å². The summed E-state index contributed by atoms with van der Waals surface area (Å²) in [5.74, 6) is -1.66. The number of benzene rings is 1. The predicted molar refractivity (Wildman–Crippen MR) is 77.4 cm³/mol. The molecule has 2 N–H and O–H groups in total. The minimum Gasteiger partial charge on any atom is -0.481 e. The largest absolute Gasteiger partial charge is 0.481 e. The second-order valence-corrected chi connectivity index (χ2v) is 5.72. The van der Waals surface area contributed by atoms with Crippen LogP contribution in [0.25, 0.3) is 0 Å². The molecule has 1 atom stereocenters. The maximum atomic E-state index is 12.7. The summed E-state index contributed by atoms with van der Waals surface area (Å²) in [6.07, 6.45) is -3.59. The number of amides is 2. The van der Waals surface area contributed by atoms with E-state index in [1.54, 1.807) is 0 Å². The first-order valence-electron chi connectivity index (χ1n) is 6.83. The summed E-state index contributed by atoms with van der Waals surface area (Å²) in [6.45, 7) is 0.371. The number of alkyl halides is 3. The van der Waals surface area contributed by atoms with Gasteiger partial charge in [-0.1, -0.05) is 11.6 Å². The number of nitrogens with one attached hydrogen (secondary N) is 1. The highest BCUT2D eigenvalue weighted by atomic mass is 35.5. The lowest BCUT2D eigenvalue weighted by molar-refractivity contribution is -0.143. The molecule has 5 nitrogen and oxygen atoms in total. The maximum absolute atomic E-state index is 12.7. The van der Waals surface area contributed by atoms with Gasteiger partial charge < -0.3 is 15.3 Å². The van der Waals surface area contributed by atoms with Gasteiger partial charge in [-0.3, -0.25) is 4.79 Å². The molecule has 1 aliphatic rings. The normalized spacial score (nSPS) is 18.6. The molecule has 1 aromatic carbocycles. The third-order valence-electron chi connectivity index (χ3n) is 3.53. The van der Waals surface area contributed by atoms with E-state index in [2.05, 4.69) is 5.32 Å². The number of anilines is 1. The van der Waals surface area contributed by atoms with Gasteiger partial charge in [0.1, 0.15) is 0 Å². The Morgan fingerprint density at radius 3 is 2.61 bits per heavy atom. The summed E-state index contributed by atoms with van der Waals surface area (Å²) in [5.41, 5.74) is -1.06. The SMILES string of the molecule is O=C(O)C1CCCN(C(=O)Nc2cc(Cl)cc(C(F)(F)F)c2)C1. The van der Waals surface area contributed by atoms with E-state index in [-0.39, 0.29) is 17.3 Å². The van der Waals surface area contributed by atoms with Crippen molar-refractivity contribution in [1.29, 1.82) is 0 Å². The number of urea groups is 1. The van der Waals surface area contributed by atoms with Crippen molar-refractivity contribution >= 4 is 29.3 Å². The van der Waals surface area contributed by atoms with Crippen molar-refractivity contribution in [2.45, 2.75) is 19.0 Å². The number of hydrogen-bond acceptors (Lipinski definition) is 2. The van der Waals surface area contributed by atoms with E-state index in [0.717, 1.165) is 12.1 Å². The minimum atomic E-state index is -4.58. The van der Waals surface area contributed by atoms with Gasteiger partial charge in [-0.05, 0) is 31.0 Å². The molecule has 1 fully saturated rings. The standard InChI is InChI=1S/C14H14ClF3N2O3/c15-10-4-9(14(16,17)18)5-11(6-10)19-13(23)20-3-1-2-8(7-20)12(21)22/h4-6,8H,1-3,7H2,(H,19,23)(H,21,22). The van der Waals surface area contributed by atoms with Crippen LogP contribution in [0.1, 0.15) is 18.4 Å². The van der Waals surface area contributed by atoms with E-state index in [4.69, 9.17) is 16.7 Å². The number of rotatable bonds is 2. The number of carboxylic acids is 1. The van der Waals surface area contributed by atoms with Crippen LogP contribution in [-0.4, -0.2) is 35.1 Å². The summed E-state index contributed by atoms with van der Waals surface area (Å²) >= 11 is 5.65. The molecule has 1 aliphatic heterocycles. The van der Waals surface area contributed by atoms with Gasteiger partial charge in [-0.15, -0.1) is 0 Å². The Morgan fingerprint density at radius 2 is 2.00 bits per heavy atom. The lowest BCUT2D eigenvalue weighted by atomic mass is 9.99. The van der Waals surface area contributed by atoms with Gasteiger partial charge >= 0.3 is 18.2 Å². The third-order valence-corrected chi connectivity index (χ3v) is 3.75. The number of carbonyl (C=O) groups is 2. The van der Waals surface area contributed by atoms with Crippen molar-refractivity contribution in [3.05, 3.63) is 28.8 Å². The summed E-state index contributed by atoms with van der Waals surface area (Å²) in [5, 5.41) is 11.2. The first-order chi connectivity index (χ1) is 10.7. The molecule has 0 bridgehead atoms. The number of piperidine rings is 1. The molecule has 1 heterocycles. The van der Waals surface area contributed by atoms with Gasteiger partial charge in [0.25, 0.3) is 0 Å². The van der Waals surface area contributed by atoms with Crippen molar-refractivity contribution < 1.29 is 27.9 Å². The molecule has 2 rings (SSSR count). The van der Waals surface area contributed by atoms with E-state index in [1.807, 2.05) is 0 Å². The minimum absolute atomic E-state index is 0.0217. The Labute approximate surface area is 135 Å². The van der Waals surface area contributed by atoms with Gasteiger partial charge in [0, 0.05) is 23.8 Å². The molecular weight excluding hydrogens is 337 g/mol. The number of aliphatic carboxylic acids is 1. The van der Waals surface area contributed by atoms with Crippen molar-refractivity contribution in [2.24, 2.45) is 5.92 Å². The van der Waals surface area contributed by atoms with Crippen LogP contribution in [0, 0.1) is 5.92 Å². The Bertz CT molecular complexity index is 622. The zero-order valence-electron chi connectivity index (χ0n) is 11.9. The lowest BCUT2D eigenvalue weighted by Crippen LogP contribution is -2.44. The van der Waals surface area contributed by atoms with Crippen molar-refractivity contribution in [1.82, 2.24) is 4.90 Å². The fourth-order valence-electron chi connectivity index (χ4n) is 2.39. The van der Waals surface area contributed by atoms with Gasteiger partial charge in [0.15, 0.2) is 0 Å². The van der Waals surface area contributed by atoms with E-state index >= 15 is 0 Å². The molecule has 0 aliphatic carbocycles. The number of carbonyl (C=O) groups excluding carboxylic acids is 1. The highest BCUT2D eigenvalue weighted by molar-refractivity contribution is 6.31. The molecule has 2 amide bonds. The molecule has 0 saturated carbocycles. The highest BCUT2D eigenvalue weighted by Crippen LogP contribution is 2.33. The molecule has 1 aromatic rings. The first kappa shape index (κ1) is 17.4. The van der Waals surface area contributed by atoms with E-state index in [1.165, 1.54) is 11.0 Å². The van der Waals surface area contributed by atoms with Crippen LogP contribution in [0.2, 0.25) is 5.02 Å². The smallest absolute Gasteiger partial charge is 0.416 e. The fourth-order valence-corrected chi connectivity index (χ4v) is 2.63. The van der Waals surface area contributed by atoms with E-state index in [0.29, 0.717) is 19.4 Å². The van der Waals surface area contributed by atoms with E-state index < -0.39 is 29.7 Å². The number of carboxylic acid groups (broad SMARTS) is 1. The van der Waals surface area contributed by atoms with Crippen LogP contribution in [-0.2, 0) is 11.0 Å². The first-order valence-corrected chi connectivity index (χ1v) is 7.21. The van der Waals surface area contributed by atoms with Crippen LogP contribution < -0.4 is 5.32 Å². The number of likely N-dealkylation sites (tertiary alicyclic amines) is 1. The average molecular weight is 351 g/mol. The van der Waals surface area contributed by atoms with Gasteiger partial charge in [0.2, 0.25) is 0 Å². The number of nitrogens with zero attached hydrogens (tertiary/aromatic N) is 1. The number of halogens is 4. The zero-order chi connectivity index (χ0) is 17.2. The molecule has 0 spiro atoms. The molecule has 9 heteroatoms. The van der Waals surface area contributed by atoms with Crippen LogP contribution in [0.3, 0.4) is 0 Å². The van der Waals surface area contributed by atoms with Crippen molar-refractivity contribution in [3.8, 4) is 0 Å². The molecule has 1 saturated heterocycles. The average Bonchev–Trinajstić information content (AvgIpc) is 2.45. The molecular formula is C14H14ClF3N2O3. The molecule has 1 unspecified atom stereocenters. The Balaban J connectivity index is 2.11. The summed E-state index contributed by atoms with van der Waals surface area (Å²) in [7, 11) is 0. The lowest BCUT2D eigenvalue weighted by Gasteiger charge is -2.30. The highest BCUT2D eigenvalue weighted by Gasteiger charge is 2.32. The number of hydrogen-bond donors (Lipinski definition) is 2. The van der Waals surface area contributed by atoms with Crippen molar-refractivity contribution in [2.75, 3.05) is 18.4 Å². The fraction of sp³-hybridized carbons (Fsp3) is 0.429. The van der Waals surface area contributed by atoms with Gasteiger partial charge in [-0.2, -0.15) is 13.2 Å². The van der Waals surface area contributed by atoms with E-state index in [9.17, 15) is 22.8 Å². The molecule has 126 valence electrons. The van der Waals surface area contributed by atoms with Gasteiger partial charge in [-0.25, -0.2) is 4.79 Å². The van der Waals surface area contributed by atoms with Crippen LogP contribution in [0.5, 0.6) is 0 Å². The third kappa shape index (κ3) is 4.51. The molecule has 0 aromatic heterocycles. The second kappa shape index (κ2) is 6.66.